The van der Waals surface area contributed by atoms with Gasteiger partial charge in [0.1, 0.15) is 6.10 Å². The molecule has 7 nitrogen and oxygen atoms in total. The van der Waals surface area contributed by atoms with Crippen LogP contribution in [0, 0.1) is 0 Å². The molecule has 286 valence electrons. The molecule has 3 unspecified atom stereocenters. The van der Waals surface area contributed by atoms with Gasteiger partial charge in [0.05, 0.1) is 17.9 Å². The highest BCUT2D eigenvalue weighted by atomic mass is 32.2. The zero-order chi connectivity index (χ0) is 36.3. The average Bonchev–Trinajstić information content (AvgIpc) is 3.06. The summed E-state index contributed by atoms with van der Waals surface area (Å²) < 4.78 is 32.5. The third-order valence-electron chi connectivity index (χ3n) is 8.81. The number of amides is 1. The molecule has 4 N–H and O–H groups in total. The highest BCUT2D eigenvalue weighted by Gasteiger charge is 2.27. The number of unbranched alkanes of at least 4 members (excludes halogenated alkanes) is 20. The molecule has 0 aromatic carbocycles. The van der Waals surface area contributed by atoms with Gasteiger partial charge < -0.3 is 15.5 Å². The van der Waals surface area contributed by atoms with Crippen LogP contribution in [0.25, 0.3) is 0 Å². The number of aliphatic hydroxyl groups is 2. The van der Waals surface area contributed by atoms with Crippen LogP contribution in [0.5, 0.6) is 0 Å². The second-order valence-electron chi connectivity index (χ2n) is 13.7. The third kappa shape index (κ3) is 34.5. The van der Waals surface area contributed by atoms with E-state index in [-0.39, 0.29) is 6.42 Å². The SMILES string of the molecule is CCCCCC/C=C\CCCCCCCCC(O)C(=O)NC(CS(=O)(=O)O)C(O)/C=C/CC/C=C/CC/C=C/CCCCCCCCCC. The van der Waals surface area contributed by atoms with Gasteiger partial charge in [-0.15, -0.1) is 0 Å². The molecule has 0 aliphatic carbocycles. The first-order valence-electron chi connectivity index (χ1n) is 19.9. The molecule has 0 aromatic rings. The fraction of sp³-hybridized carbons (Fsp3) is 0.780. The van der Waals surface area contributed by atoms with Crippen molar-refractivity contribution in [1.82, 2.24) is 5.32 Å². The van der Waals surface area contributed by atoms with E-state index in [2.05, 4.69) is 55.6 Å². The summed E-state index contributed by atoms with van der Waals surface area (Å²) in [5, 5.41) is 23.3. The topological polar surface area (TPSA) is 124 Å². The lowest BCUT2D eigenvalue weighted by Gasteiger charge is -2.22. The Kier molecular flexibility index (Phi) is 33.5. The summed E-state index contributed by atoms with van der Waals surface area (Å²) in [4.78, 5) is 12.6. The molecular formula is C41H75NO6S. The van der Waals surface area contributed by atoms with Crippen molar-refractivity contribution in [2.45, 2.75) is 199 Å². The fourth-order valence-corrected chi connectivity index (χ4v) is 6.45. The Morgan fingerprint density at radius 2 is 0.918 bits per heavy atom. The van der Waals surface area contributed by atoms with Crippen LogP contribution in [0.4, 0.5) is 0 Å². The van der Waals surface area contributed by atoms with Crippen LogP contribution in [0.15, 0.2) is 48.6 Å². The van der Waals surface area contributed by atoms with E-state index in [1.807, 2.05) is 0 Å². The number of carbonyl (C=O) groups is 1. The predicted molar refractivity (Wildman–Crippen MR) is 208 cm³/mol. The Morgan fingerprint density at radius 1 is 0.551 bits per heavy atom. The van der Waals surface area contributed by atoms with Crippen molar-refractivity contribution in [3.8, 4) is 0 Å². The number of carbonyl (C=O) groups excluding carboxylic acids is 1. The van der Waals surface area contributed by atoms with E-state index in [0.29, 0.717) is 12.8 Å². The van der Waals surface area contributed by atoms with E-state index >= 15 is 0 Å². The van der Waals surface area contributed by atoms with Gasteiger partial charge in [-0.3, -0.25) is 9.35 Å². The van der Waals surface area contributed by atoms with Crippen LogP contribution in [0.1, 0.15) is 181 Å². The lowest BCUT2D eigenvalue weighted by molar-refractivity contribution is -0.130. The molecule has 8 heteroatoms. The molecule has 0 rings (SSSR count). The first kappa shape index (κ1) is 47.3. The molecule has 0 saturated carbocycles. The second-order valence-corrected chi connectivity index (χ2v) is 15.2. The Balaban J connectivity index is 4.17. The Morgan fingerprint density at radius 3 is 1.37 bits per heavy atom. The lowest BCUT2D eigenvalue weighted by atomic mass is 10.0. The molecule has 0 aliphatic rings. The smallest absolute Gasteiger partial charge is 0.267 e. The zero-order valence-electron chi connectivity index (χ0n) is 31.4. The van der Waals surface area contributed by atoms with E-state index in [0.717, 1.165) is 51.4 Å². The van der Waals surface area contributed by atoms with Crippen molar-refractivity contribution in [2.24, 2.45) is 0 Å². The van der Waals surface area contributed by atoms with Crippen molar-refractivity contribution >= 4 is 16.0 Å². The maximum Gasteiger partial charge on any atom is 0.267 e. The minimum Gasteiger partial charge on any atom is -0.387 e. The van der Waals surface area contributed by atoms with Crippen LogP contribution >= 0.6 is 0 Å². The minimum absolute atomic E-state index is 0.262. The summed E-state index contributed by atoms with van der Waals surface area (Å²) in [5.41, 5.74) is 0. The van der Waals surface area contributed by atoms with Gasteiger partial charge in [0, 0.05) is 0 Å². The van der Waals surface area contributed by atoms with E-state index < -0.39 is 40.0 Å². The minimum atomic E-state index is -4.46. The standard InChI is InChI=1S/C41H75NO6S/c1-3-5-7-9-11-13-15-17-19-20-21-22-24-25-27-29-31-33-35-39(43)38(37-49(46,47)48)42-41(45)40(44)36-34-32-30-28-26-23-18-16-14-12-10-8-6-4-2/h14,16,20-21,25,27,33,35,38-40,43-44H,3-13,15,17-19,22-24,26,28-32,34,36-37H2,1-2H3,(H,42,45)(H,46,47,48)/b16-14-,21-20+,27-25+,35-33+. The van der Waals surface area contributed by atoms with Crippen molar-refractivity contribution in [3.63, 3.8) is 0 Å². The Bertz CT molecular complexity index is 974. The van der Waals surface area contributed by atoms with Crippen LogP contribution in [-0.4, -0.2) is 53.1 Å². The monoisotopic (exact) mass is 710 g/mol. The average molecular weight is 710 g/mol. The Hall–Kier alpha value is -1.74. The van der Waals surface area contributed by atoms with E-state index in [9.17, 15) is 28.0 Å². The largest absolute Gasteiger partial charge is 0.387 e. The molecule has 0 saturated heterocycles. The first-order chi connectivity index (χ1) is 23.7. The number of hydrogen-bond donors (Lipinski definition) is 4. The quantitative estimate of drug-likeness (QED) is 0.0295. The van der Waals surface area contributed by atoms with Crippen LogP contribution in [0.3, 0.4) is 0 Å². The lowest BCUT2D eigenvalue weighted by Crippen LogP contribution is -2.50. The molecule has 1 amide bonds. The van der Waals surface area contributed by atoms with Gasteiger partial charge in [-0.1, -0.05) is 159 Å². The van der Waals surface area contributed by atoms with E-state index in [1.165, 1.54) is 102 Å². The predicted octanol–water partition coefficient (Wildman–Crippen LogP) is 10.5. The maximum atomic E-state index is 12.6. The molecule has 0 spiro atoms. The van der Waals surface area contributed by atoms with Crippen LogP contribution in [0.2, 0.25) is 0 Å². The van der Waals surface area contributed by atoms with Gasteiger partial charge in [0.15, 0.2) is 0 Å². The Labute approximate surface area is 302 Å². The normalized spacial score (nSPS) is 14.5. The van der Waals surface area contributed by atoms with Crippen molar-refractivity contribution in [2.75, 3.05) is 5.75 Å². The molecule has 0 radical (unpaired) electrons. The molecular weight excluding hydrogens is 635 g/mol. The van der Waals surface area contributed by atoms with E-state index in [1.54, 1.807) is 6.08 Å². The number of hydrogen-bond acceptors (Lipinski definition) is 5. The van der Waals surface area contributed by atoms with Crippen molar-refractivity contribution < 1.29 is 28.0 Å². The summed E-state index contributed by atoms with van der Waals surface area (Å²) in [6.45, 7) is 4.48. The molecule has 0 fully saturated rings. The van der Waals surface area contributed by atoms with E-state index in [4.69, 9.17) is 0 Å². The van der Waals surface area contributed by atoms with Crippen molar-refractivity contribution in [3.05, 3.63) is 48.6 Å². The summed E-state index contributed by atoms with van der Waals surface area (Å²) in [6.07, 6.45) is 43.1. The van der Waals surface area contributed by atoms with Gasteiger partial charge in [-0.25, -0.2) is 0 Å². The van der Waals surface area contributed by atoms with Crippen LogP contribution in [-0.2, 0) is 14.9 Å². The summed E-state index contributed by atoms with van der Waals surface area (Å²) in [6, 6.07) is -1.26. The number of aliphatic hydroxyl groups excluding tert-OH is 2. The van der Waals surface area contributed by atoms with Gasteiger partial charge in [0.2, 0.25) is 5.91 Å². The van der Waals surface area contributed by atoms with Crippen molar-refractivity contribution in [1.29, 1.82) is 0 Å². The second kappa shape index (κ2) is 34.7. The number of rotatable bonds is 35. The zero-order valence-corrected chi connectivity index (χ0v) is 32.2. The maximum absolute atomic E-state index is 12.6. The van der Waals surface area contributed by atoms with Crippen LogP contribution < -0.4 is 5.32 Å². The van der Waals surface area contributed by atoms with Gasteiger partial charge in [-0.05, 0) is 70.6 Å². The van der Waals surface area contributed by atoms with Gasteiger partial charge in [-0.2, -0.15) is 8.42 Å². The third-order valence-corrected chi connectivity index (χ3v) is 9.59. The number of allylic oxidation sites excluding steroid dienone is 7. The highest BCUT2D eigenvalue weighted by Crippen LogP contribution is 2.13. The molecule has 0 bridgehead atoms. The summed E-state index contributed by atoms with van der Waals surface area (Å²) in [5.74, 6) is -1.57. The highest BCUT2D eigenvalue weighted by molar-refractivity contribution is 7.85. The summed E-state index contributed by atoms with van der Waals surface area (Å²) in [7, 11) is -4.46. The molecule has 49 heavy (non-hydrogen) atoms. The van der Waals surface area contributed by atoms with Gasteiger partial charge in [0.25, 0.3) is 10.1 Å². The number of nitrogens with one attached hydrogen (secondary N) is 1. The summed E-state index contributed by atoms with van der Waals surface area (Å²) >= 11 is 0. The fourth-order valence-electron chi connectivity index (χ4n) is 5.72. The molecule has 0 heterocycles. The molecule has 0 aliphatic heterocycles. The molecule has 3 atom stereocenters. The first-order valence-corrected chi connectivity index (χ1v) is 21.6. The molecule has 0 aromatic heterocycles. The van der Waals surface area contributed by atoms with Gasteiger partial charge >= 0.3 is 0 Å².